The van der Waals surface area contributed by atoms with Crippen molar-refractivity contribution in [3.05, 3.63) is 23.8 Å². The molecule has 0 aliphatic carbocycles. The minimum absolute atomic E-state index is 0.251. The van der Waals surface area contributed by atoms with E-state index in [9.17, 15) is 0 Å². The van der Waals surface area contributed by atoms with Gasteiger partial charge in [0.1, 0.15) is 11.5 Å². The molecule has 118 valence electrons. The van der Waals surface area contributed by atoms with Gasteiger partial charge in [0.05, 0.1) is 20.3 Å². The second-order valence-corrected chi connectivity index (χ2v) is 5.52. The molecule has 1 aromatic rings. The molecule has 1 heterocycles. The normalized spacial score (nSPS) is 20.0. The van der Waals surface area contributed by atoms with Crippen LogP contribution in [0.2, 0.25) is 0 Å². The van der Waals surface area contributed by atoms with Crippen molar-refractivity contribution in [2.24, 2.45) is 0 Å². The second kappa shape index (κ2) is 8.25. The number of benzene rings is 1. The third kappa shape index (κ3) is 4.35. The molecule has 0 aromatic heterocycles. The molecule has 0 radical (unpaired) electrons. The maximum absolute atomic E-state index is 5.83. The highest BCUT2D eigenvalue weighted by Gasteiger charge is 2.19. The molecule has 0 amide bonds. The van der Waals surface area contributed by atoms with Gasteiger partial charge in [-0.15, -0.1) is 0 Å². The van der Waals surface area contributed by atoms with Crippen molar-refractivity contribution >= 4 is 0 Å². The number of rotatable bonds is 7. The molecule has 1 aromatic carbocycles. The Hall–Kier alpha value is -1.26. The Morgan fingerprint density at radius 3 is 2.76 bits per heavy atom. The highest BCUT2D eigenvalue weighted by Crippen LogP contribution is 2.32. The molecule has 1 aliphatic heterocycles. The lowest BCUT2D eigenvalue weighted by atomic mass is 9.96. The quantitative estimate of drug-likeness (QED) is 0.837. The Morgan fingerprint density at radius 1 is 1.29 bits per heavy atom. The summed E-state index contributed by atoms with van der Waals surface area (Å²) < 4.78 is 16.7. The van der Waals surface area contributed by atoms with Gasteiger partial charge in [0, 0.05) is 18.2 Å². The average molecular weight is 293 g/mol. The first-order valence-corrected chi connectivity index (χ1v) is 7.79. The predicted octanol–water partition coefficient (Wildman–Crippen LogP) is 3.31. The number of methoxy groups -OCH3 is 2. The summed E-state index contributed by atoms with van der Waals surface area (Å²) in [6.45, 7) is 0.914. The van der Waals surface area contributed by atoms with Crippen molar-refractivity contribution in [3.8, 4) is 11.5 Å². The topological polar surface area (TPSA) is 39.7 Å². The van der Waals surface area contributed by atoms with Crippen molar-refractivity contribution in [1.82, 2.24) is 5.32 Å². The summed E-state index contributed by atoms with van der Waals surface area (Å²) >= 11 is 0. The smallest absolute Gasteiger partial charge is 0.123 e. The summed E-state index contributed by atoms with van der Waals surface area (Å²) in [5.74, 6) is 1.76. The summed E-state index contributed by atoms with van der Waals surface area (Å²) in [7, 11) is 5.39. The van der Waals surface area contributed by atoms with Crippen LogP contribution in [0.5, 0.6) is 11.5 Å². The van der Waals surface area contributed by atoms with Crippen LogP contribution in [0.15, 0.2) is 18.2 Å². The SMILES string of the molecule is CNC(CCC1CCCCO1)c1cc(OC)ccc1OC. The first-order chi connectivity index (χ1) is 10.3. The first kappa shape index (κ1) is 16.1. The highest BCUT2D eigenvalue weighted by atomic mass is 16.5. The van der Waals surface area contributed by atoms with Gasteiger partial charge in [0.15, 0.2) is 0 Å². The van der Waals surface area contributed by atoms with Crippen LogP contribution in [-0.2, 0) is 4.74 Å². The lowest BCUT2D eigenvalue weighted by Crippen LogP contribution is -2.23. The third-order valence-corrected chi connectivity index (χ3v) is 4.21. The van der Waals surface area contributed by atoms with Gasteiger partial charge in [-0.2, -0.15) is 0 Å². The van der Waals surface area contributed by atoms with Crippen LogP contribution >= 0.6 is 0 Å². The average Bonchev–Trinajstić information content (AvgIpc) is 2.56. The van der Waals surface area contributed by atoms with E-state index in [0.29, 0.717) is 6.10 Å². The number of hydrogen-bond donors (Lipinski definition) is 1. The minimum Gasteiger partial charge on any atom is -0.497 e. The minimum atomic E-state index is 0.251. The standard InChI is InChI=1S/C17H27NO3/c1-18-16(9-7-13-6-4-5-11-21-13)15-12-14(19-2)8-10-17(15)20-3/h8,10,12-13,16,18H,4-7,9,11H2,1-3H3. The zero-order valence-electron chi connectivity index (χ0n) is 13.4. The van der Waals surface area contributed by atoms with E-state index in [4.69, 9.17) is 14.2 Å². The Balaban J connectivity index is 2.04. The van der Waals surface area contributed by atoms with Crippen LogP contribution in [0.4, 0.5) is 0 Å². The van der Waals surface area contributed by atoms with Gasteiger partial charge in [0.2, 0.25) is 0 Å². The Labute approximate surface area is 127 Å². The maximum atomic E-state index is 5.83. The fourth-order valence-corrected chi connectivity index (χ4v) is 2.95. The molecule has 1 fully saturated rings. The molecule has 4 nitrogen and oxygen atoms in total. The molecule has 0 bridgehead atoms. The van der Waals surface area contributed by atoms with Crippen molar-refractivity contribution in [3.63, 3.8) is 0 Å². The van der Waals surface area contributed by atoms with Gasteiger partial charge < -0.3 is 19.5 Å². The van der Waals surface area contributed by atoms with Crippen LogP contribution in [0.25, 0.3) is 0 Å². The summed E-state index contributed by atoms with van der Waals surface area (Å²) in [4.78, 5) is 0. The van der Waals surface area contributed by atoms with Gasteiger partial charge in [0.25, 0.3) is 0 Å². The van der Waals surface area contributed by atoms with E-state index in [1.54, 1.807) is 14.2 Å². The first-order valence-electron chi connectivity index (χ1n) is 7.79. The molecule has 1 N–H and O–H groups in total. The van der Waals surface area contributed by atoms with E-state index in [0.717, 1.165) is 36.5 Å². The van der Waals surface area contributed by atoms with Crippen LogP contribution < -0.4 is 14.8 Å². The van der Waals surface area contributed by atoms with E-state index >= 15 is 0 Å². The molecule has 2 unspecified atom stereocenters. The second-order valence-electron chi connectivity index (χ2n) is 5.52. The van der Waals surface area contributed by atoms with Crippen LogP contribution in [0, 0.1) is 0 Å². The van der Waals surface area contributed by atoms with E-state index in [1.807, 2.05) is 19.2 Å². The van der Waals surface area contributed by atoms with Gasteiger partial charge >= 0.3 is 0 Å². The number of ether oxygens (including phenoxy) is 3. The molecule has 1 saturated heterocycles. The summed E-state index contributed by atoms with van der Waals surface area (Å²) in [5.41, 5.74) is 1.15. The van der Waals surface area contributed by atoms with E-state index in [1.165, 1.54) is 19.3 Å². The molecule has 4 heteroatoms. The van der Waals surface area contributed by atoms with Crippen molar-refractivity contribution in [2.45, 2.75) is 44.2 Å². The lowest BCUT2D eigenvalue weighted by molar-refractivity contribution is 0.00862. The molecule has 2 atom stereocenters. The molecular weight excluding hydrogens is 266 g/mol. The van der Waals surface area contributed by atoms with Crippen LogP contribution in [0.3, 0.4) is 0 Å². The van der Waals surface area contributed by atoms with Crippen molar-refractivity contribution < 1.29 is 14.2 Å². The van der Waals surface area contributed by atoms with E-state index < -0.39 is 0 Å². The Kier molecular flexibility index (Phi) is 6.33. The Bertz CT molecular complexity index is 430. The fourth-order valence-electron chi connectivity index (χ4n) is 2.95. The number of nitrogens with one attached hydrogen (secondary N) is 1. The summed E-state index contributed by atoms with van der Waals surface area (Å²) in [6.07, 6.45) is 6.20. The summed E-state index contributed by atoms with van der Waals surface area (Å²) in [6, 6.07) is 6.21. The van der Waals surface area contributed by atoms with Crippen LogP contribution in [0.1, 0.15) is 43.7 Å². The monoisotopic (exact) mass is 293 g/mol. The molecule has 1 aliphatic rings. The van der Waals surface area contributed by atoms with E-state index in [-0.39, 0.29) is 6.04 Å². The zero-order chi connectivity index (χ0) is 15.1. The van der Waals surface area contributed by atoms with Crippen molar-refractivity contribution in [1.29, 1.82) is 0 Å². The molecule has 0 saturated carbocycles. The van der Waals surface area contributed by atoms with Crippen LogP contribution in [-0.4, -0.2) is 34.0 Å². The van der Waals surface area contributed by atoms with Gasteiger partial charge in [-0.3, -0.25) is 0 Å². The number of hydrogen-bond acceptors (Lipinski definition) is 4. The fraction of sp³-hybridized carbons (Fsp3) is 0.647. The van der Waals surface area contributed by atoms with Gasteiger partial charge in [-0.05, 0) is 57.4 Å². The van der Waals surface area contributed by atoms with Gasteiger partial charge in [-0.25, -0.2) is 0 Å². The molecule has 0 spiro atoms. The third-order valence-electron chi connectivity index (χ3n) is 4.21. The zero-order valence-corrected chi connectivity index (χ0v) is 13.4. The Morgan fingerprint density at radius 2 is 2.14 bits per heavy atom. The van der Waals surface area contributed by atoms with E-state index in [2.05, 4.69) is 11.4 Å². The van der Waals surface area contributed by atoms with Gasteiger partial charge in [-0.1, -0.05) is 0 Å². The molecule has 21 heavy (non-hydrogen) atoms. The maximum Gasteiger partial charge on any atom is 0.123 e. The largest absolute Gasteiger partial charge is 0.497 e. The molecule has 2 rings (SSSR count). The summed E-state index contributed by atoms with van der Waals surface area (Å²) in [5, 5.41) is 3.39. The predicted molar refractivity (Wildman–Crippen MR) is 84.2 cm³/mol. The lowest BCUT2D eigenvalue weighted by Gasteiger charge is -2.25. The highest BCUT2D eigenvalue weighted by molar-refractivity contribution is 5.42. The molecular formula is C17H27NO3. The van der Waals surface area contributed by atoms with Crippen molar-refractivity contribution in [2.75, 3.05) is 27.9 Å².